The van der Waals surface area contributed by atoms with Gasteiger partial charge >= 0.3 is 20.2 Å². The quantitative estimate of drug-likeness (QED) is 0.205. The minimum absolute atomic E-state index is 0.0203. The van der Waals surface area contributed by atoms with Gasteiger partial charge in [-0.2, -0.15) is 22.1 Å². The summed E-state index contributed by atoms with van der Waals surface area (Å²) in [6, 6.07) is 19.3. The highest BCUT2D eigenvalue weighted by molar-refractivity contribution is 8.07. The maximum absolute atomic E-state index is 12.9. The second-order valence-corrected chi connectivity index (χ2v) is 12.3. The van der Waals surface area contributed by atoms with Gasteiger partial charge in [-0.1, -0.05) is 58.9 Å². The minimum atomic E-state index is -4.36. The predicted octanol–water partition coefficient (Wildman–Crippen LogP) is 5.64. The Morgan fingerprint density at radius 3 is 2.21 bits per heavy atom. The molecular formula is C27H22N2O6S3. The van der Waals surface area contributed by atoms with Gasteiger partial charge in [0.15, 0.2) is 0 Å². The summed E-state index contributed by atoms with van der Waals surface area (Å²) < 4.78 is 61.1. The highest BCUT2D eigenvalue weighted by atomic mass is 32.2. The summed E-state index contributed by atoms with van der Waals surface area (Å²) in [5, 5.41) is 15.3. The van der Waals surface area contributed by atoms with Gasteiger partial charge in [-0.15, -0.1) is 0 Å². The van der Waals surface area contributed by atoms with Crippen molar-refractivity contribution in [3.8, 4) is 11.8 Å². The summed E-state index contributed by atoms with van der Waals surface area (Å²) in [5.74, 6) is -0.0203. The van der Waals surface area contributed by atoms with E-state index >= 15 is 0 Å². The average molecular weight is 567 g/mol. The monoisotopic (exact) mass is 566 g/mol. The molecule has 0 fully saturated rings. The Kier molecular flexibility index (Phi) is 7.78. The molecule has 0 atom stereocenters. The number of hydrogen-bond donors (Lipinski definition) is 0. The van der Waals surface area contributed by atoms with Crippen molar-refractivity contribution in [1.82, 2.24) is 0 Å². The highest BCUT2D eigenvalue weighted by Crippen LogP contribution is 2.35. The molecule has 0 aliphatic carbocycles. The van der Waals surface area contributed by atoms with Crippen LogP contribution in [0.4, 0.5) is 0 Å². The molecule has 3 aromatic carbocycles. The van der Waals surface area contributed by atoms with E-state index in [0.717, 1.165) is 11.1 Å². The Hall–Kier alpha value is -3.85. The third kappa shape index (κ3) is 5.83. The molecule has 0 aromatic heterocycles. The standard InChI is InChI=1S/C27H22N2O6S3/c1-18-8-10-21(11-9-18)37(30,31)34-26-13-12-22(16-20(26)3)38(32,33)35-29-25-14-15-36-27(25)24(17-28)23-7-5-4-6-19(23)2/h4-16H,1-3H3. The van der Waals surface area contributed by atoms with E-state index in [1.807, 2.05) is 32.0 Å². The number of aryl methyl sites for hydroxylation is 3. The van der Waals surface area contributed by atoms with Crippen LogP contribution in [0.3, 0.4) is 0 Å². The van der Waals surface area contributed by atoms with Crippen LogP contribution in [-0.4, -0.2) is 22.5 Å². The third-order valence-corrected chi connectivity index (χ3v) is 8.85. The first-order valence-corrected chi connectivity index (χ1v) is 14.9. The van der Waals surface area contributed by atoms with Gasteiger partial charge in [0, 0.05) is 0 Å². The van der Waals surface area contributed by atoms with Crippen molar-refractivity contribution in [2.75, 3.05) is 0 Å². The molecule has 0 amide bonds. The zero-order valence-electron chi connectivity index (χ0n) is 20.6. The second kappa shape index (κ2) is 10.9. The van der Waals surface area contributed by atoms with Crippen LogP contribution in [-0.2, 0) is 24.5 Å². The number of rotatable bonds is 7. The van der Waals surface area contributed by atoms with Gasteiger partial charge in [0.05, 0.1) is 10.5 Å². The molecule has 0 N–H and O–H groups in total. The fraction of sp³-hybridized carbons (Fsp3) is 0.111. The van der Waals surface area contributed by atoms with Crippen molar-refractivity contribution in [2.24, 2.45) is 5.16 Å². The van der Waals surface area contributed by atoms with Crippen LogP contribution in [0.5, 0.6) is 5.75 Å². The molecule has 1 heterocycles. The molecule has 0 saturated carbocycles. The van der Waals surface area contributed by atoms with E-state index in [2.05, 4.69) is 11.2 Å². The van der Waals surface area contributed by atoms with E-state index in [1.54, 1.807) is 29.7 Å². The molecule has 194 valence electrons. The Balaban J connectivity index is 1.58. The van der Waals surface area contributed by atoms with Gasteiger partial charge in [0.2, 0.25) is 0 Å². The molecule has 1 aliphatic heterocycles. The first-order valence-electron chi connectivity index (χ1n) is 11.2. The van der Waals surface area contributed by atoms with Crippen molar-refractivity contribution in [2.45, 2.75) is 30.6 Å². The van der Waals surface area contributed by atoms with Crippen molar-refractivity contribution < 1.29 is 25.3 Å². The summed E-state index contributed by atoms with van der Waals surface area (Å²) in [5.41, 5.74) is 3.31. The van der Waals surface area contributed by atoms with Crippen LogP contribution in [0.2, 0.25) is 0 Å². The predicted molar refractivity (Wildman–Crippen MR) is 146 cm³/mol. The molecule has 0 bridgehead atoms. The molecule has 11 heteroatoms. The number of nitrogens with zero attached hydrogens (tertiary/aromatic N) is 2. The third-order valence-electron chi connectivity index (χ3n) is 5.58. The van der Waals surface area contributed by atoms with Crippen molar-refractivity contribution in [1.29, 1.82) is 5.26 Å². The first kappa shape index (κ1) is 27.2. The van der Waals surface area contributed by atoms with Gasteiger partial charge in [-0.05, 0) is 79.3 Å². The van der Waals surface area contributed by atoms with E-state index in [1.165, 1.54) is 49.0 Å². The fourth-order valence-electron chi connectivity index (χ4n) is 3.52. The molecule has 3 aromatic rings. The maximum Gasteiger partial charge on any atom is 0.358 e. The zero-order valence-corrected chi connectivity index (χ0v) is 23.0. The van der Waals surface area contributed by atoms with Gasteiger partial charge in [0.1, 0.15) is 27.3 Å². The van der Waals surface area contributed by atoms with E-state index in [4.69, 9.17) is 8.47 Å². The number of thioether (sulfide) groups is 1. The number of benzene rings is 3. The maximum atomic E-state index is 12.9. The highest BCUT2D eigenvalue weighted by Gasteiger charge is 2.24. The van der Waals surface area contributed by atoms with E-state index in [0.29, 0.717) is 16.0 Å². The lowest BCUT2D eigenvalue weighted by molar-refractivity contribution is 0.339. The Morgan fingerprint density at radius 1 is 0.868 bits per heavy atom. The second-order valence-electron chi connectivity index (χ2n) is 8.33. The van der Waals surface area contributed by atoms with Crippen LogP contribution in [0.25, 0.3) is 5.57 Å². The van der Waals surface area contributed by atoms with Crippen LogP contribution < -0.4 is 4.18 Å². The fourth-order valence-corrected chi connectivity index (χ4v) is 6.16. The molecule has 4 rings (SSSR count). The zero-order chi connectivity index (χ0) is 27.5. The van der Waals surface area contributed by atoms with E-state index in [9.17, 15) is 22.1 Å². The van der Waals surface area contributed by atoms with Crippen LogP contribution >= 0.6 is 11.8 Å². The number of nitriles is 1. The topological polar surface area (TPSA) is 123 Å². The number of hydrogen-bond acceptors (Lipinski definition) is 9. The Bertz CT molecular complexity index is 1750. The summed E-state index contributed by atoms with van der Waals surface area (Å²) in [6.45, 7) is 5.22. The van der Waals surface area contributed by atoms with Gasteiger partial charge in [-0.3, -0.25) is 4.28 Å². The Labute approximate surface area is 226 Å². The molecular weight excluding hydrogens is 545 g/mol. The summed E-state index contributed by atoms with van der Waals surface area (Å²) in [6.07, 6.45) is 1.56. The lowest BCUT2D eigenvalue weighted by atomic mass is 10.0. The summed E-state index contributed by atoms with van der Waals surface area (Å²) in [4.78, 5) is 0.212. The van der Waals surface area contributed by atoms with Crippen LogP contribution in [0.15, 0.2) is 98.1 Å². The largest absolute Gasteiger partial charge is 0.379 e. The van der Waals surface area contributed by atoms with Gasteiger partial charge < -0.3 is 4.18 Å². The van der Waals surface area contributed by atoms with Crippen LogP contribution in [0.1, 0.15) is 22.3 Å². The van der Waals surface area contributed by atoms with Crippen LogP contribution in [0, 0.1) is 32.1 Å². The smallest absolute Gasteiger partial charge is 0.358 e. The molecule has 0 radical (unpaired) electrons. The number of allylic oxidation sites excluding steroid dienone is 3. The molecule has 0 saturated heterocycles. The summed E-state index contributed by atoms with van der Waals surface area (Å²) in [7, 11) is -8.47. The molecule has 38 heavy (non-hydrogen) atoms. The molecule has 8 nitrogen and oxygen atoms in total. The van der Waals surface area contributed by atoms with E-state index < -0.39 is 20.2 Å². The van der Waals surface area contributed by atoms with Crippen molar-refractivity contribution >= 4 is 43.3 Å². The SMILES string of the molecule is Cc1ccc(S(=O)(=O)Oc2ccc(S(=O)(=O)ON=C3C=CSC3=C(C#N)c3ccccc3C)cc2C)cc1. The molecule has 0 spiro atoms. The number of oxime groups is 1. The Morgan fingerprint density at radius 2 is 1.55 bits per heavy atom. The minimum Gasteiger partial charge on any atom is -0.379 e. The first-order chi connectivity index (χ1) is 18.0. The molecule has 1 aliphatic rings. The molecule has 0 unspecified atom stereocenters. The van der Waals surface area contributed by atoms with Gasteiger partial charge in [-0.25, -0.2) is 0 Å². The lowest BCUT2D eigenvalue weighted by Crippen LogP contribution is -2.11. The van der Waals surface area contributed by atoms with Crippen molar-refractivity contribution in [3.05, 3.63) is 105 Å². The van der Waals surface area contributed by atoms with Gasteiger partial charge in [0.25, 0.3) is 0 Å². The van der Waals surface area contributed by atoms with Crippen molar-refractivity contribution in [3.63, 3.8) is 0 Å². The lowest BCUT2D eigenvalue weighted by Gasteiger charge is -2.11. The average Bonchev–Trinajstić information content (AvgIpc) is 3.34. The normalized spacial score (nSPS) is 15.8. The summed E-state index contributed by atoms with van der Waals surface area (Å²) >= 11 is 1.24. The van der Waals surface area contributed by atoms with E-state index in [-0.39, 0.29) is 26.8 Å².